The van der Waals surface area contributed by atoms with Gasteiger partial charge in [-0.15, -0.1) is 0 Å². The Morgan fingerprint density at radius 3 is 2.78 bits per heavy atom. The normalized spacial score (nSPS) is 16.3. The number of fused-ring (bicyclic) bond motifs is 1. The van der Waals surface area contributed by atoms with Crippen LogP contribution < -0.4 is 10.2 Å². The van der Waals surface area contributed by atoms with Gasteiger partial charge in [-0.25, -0.2) is 9.37 Å². The van der Waals surface area contributed by atoms with Gasteiger partial charge in [0.25, 0.3) is 5.71 Å². The highest BCUT2D eigenvalue weighted by molar-refractivity contribution is 5.98. The molecule has 1 fully saturated rings. The lowest BCUT2D eigenvalue weighted by molar-refractivity contribution is -0.120. The summed E-state index contributed by atoms with van der Waals surface area (Å²) in [5, 5.41) is 7.89. The molecule has 0 bridgehead atoms. The molecule has 3 heterocycles. The van der Waals surface area contributed by atoms with Crippen molar-refractivity contribution in [3.63, 3.8) is 0 Å². The lowest BCUT2D eigenvalue weighted by atomic mass is 9.96. The van der Waals surface area contributed by atoms with Crippen molar-refractivity contribution in [1.82, 2.24) is 15.1 Å². The fourth-order valence-corrected chi connectivity index (χ4v) is 4.15. The third-order valence-corrected chi connectivity index (χ3v) is 5.86. The Balaban J connectivity index is 1.44. The van der Waals surface area contributed by atoms with Gasteiger partial charge in [-0.2, -0.15) is 4.98 Å². The standard InChI is InChI=1S/C24H22FN5O2/c1-15-5-2-3-7-19(15)28-23(31)17-6-4-12-30(13-17)22-20-21(16-8-10-18(25)11-9-16)29-32-24(20)27-14-26-22/h2-3,5,7-11,14,17H,4,6,12-13H2,1H3,(H,28,31)/t17-/m0/s1. The van der Waals surface area contributed by atoms with Gasteiger partial charge in [0, 0.05) is 24.3 Å². The molecule has 4 aromatic rings. The van der Waals surface area contributed by atoms with E-state index in [1.54, 1.807) is 12.1 Å². The van der Waals surface area contributed by atoms with Crippen LogP contribution in [0.4, 0.5) is 15.9 Å². The number of hydrogen-bond donors (Lipinski definition) is 1. The van der Waals surface area contributed by atoms with Crippen LogP contribution in [0.5, 0.6) is 0 Å². The average Bonchev–Trinajstić information content (AvgIpc) is 3.25. The van der Waals surface area contributed by atoms with E-state index < -0.39 is 0 Å². The summed E-state index contributed by atoms with van der Waals surface area (Å²) in [6, 6.07) is 13.8. The highest BCUT2D eigenvalue weighted by atomic mass is 19.1. The van der Waals surface area contributed by atoms with E-state index in [0.717, 1.165) is 30.6 Å². The van der Waals surface area contributed by atoms with Crippen molar-refractivity contribution in [1.29, 1.82) is 0 Å². The first-order valence-corrected chi connectivity index (χ1v) is 10.6. The molecular formula is C24H22FN5O2. The second kappa shape index (κ2) is 8.37. The molecule has 0 saturated carbocycles. The molecule has 1 aliphatic rings. The summed E-state index contributed by atoms with van der Waals surface area (Å²) in [5.74, 6) is 0.168. The molecule has 0 unspecified atom stereocenters. The molecule has 1 saturated heterocycles. The number of aryl methyl sites for hydroxylation is 1. The Labute approximate surface area is 184 Å². The first kappa shape index (κ1) is 20.1. The summed E-state index contributed by atoms with van der Waals surface area (Å²) in [4.78, 5) is 23.8. The molecule has 5 rings (SSSR count). The minimum absolute atomic E-state index is 0.00150. The fraction of sp³-hybridized carbons (Fsp3) is 0.250. The lowest BCUT2D eigenvalue weighted by Crippen LogP contribution is -2.41. The third-order valence-electron chi connectivity index (χ3n) is 5.86. The quantitative estimate of drug-likeness (QED) is 0.509. The maximum absolute atomic E-state index is 13.4. The number of nitrogens with one attached hydrogen (secondary N) is 1. The van der Waals surface area contributed by atoms with Gasteiger partial charge >= 0.3 is 0 Å². The Kier molecular flexibility index (Phi) is 5.26. The zero-order valence-corrected chi connectivity index (χ0v) is 17.6. The van der Waals surface area contributed by atoms with E-state index in [4.69, 9.17) is 4.52 Å². The monoisotopic (exact) mass is 431 g/mol. The number of benzene rings is 2. The minimum atomic E-state index is -0.323. The number of amides is 1. The van der Waals surface area contributed by atoms with E-state index in [1.165, 1.54) is 18.5 Å². The molecule has 0 radical (unpaired) electrons. The van der Waals surface area contributed by atoms with Gasteiger partial charge in [-0.05, 0) is 55.7 Å². The van der Waals surface area contributed by atoms with E-state index in [-0.39, 0.29) is 17.6 Å². The number of hydrogen-bond acceptors (Lipinski definition) is 6. The van der Waals surface area contributed by atoms with Crippen molar-refractivity contribution in [2.45, 2.75) is 19.8 Å². The second-order valence-electron chi connectivity index (χ2n) is 8.00. The zero-order valence-electron chi connectivity index (χ0n) is 17.6. The number of carbonyl (C=O) groups is 1. The highest BCUT2D eigenvalue weighted by Gasteiger charge is 2.29. The average molecular weight is 431 g/mol. The zero-order chi connectivity index (χ0) is 22.1. The molecule has 0 aliphatic carbocycles. The van der Waals surface area contributed by atoms with Crippen LogP contribution in [0.2, 0.25) is 0 Å². The molecule has 1 aliphatic heterocycles. The number of carbonyl (C=O) groups excluding carboxylic acids is 1. The molecule has 1 N–H and O–H groups in total. The Morgan fingerprint density at radius 1 is 1.16 bits per heavy atom. The van der Waals surface area contributed by atoms with Gasteiger partial charge in [-0.3, -0.25) is 4.79 Å². The minimum Gasteiger partial charge on any atom is -0.355 e. The molecule has 1 amide bonds. The maximum atomic E-state index is 13.4. The van der Waals surface area contributed by atoms with E-state index in [9.17, 15) is 9.18 Å². The molecule has 7 nitrogen and oxygen atoms in total. The summed E-state index contributed by atoms with van der Waals surface area (Å²) in [6.07, 6.45) is 3.10. The van der Waals surface area contributed by atoms with Crippen LogP contribution in [0, 0.1) is 18.7 Å². The Morgan fingerprint density at radius 2 is 1.97 bits per heavy atom. The van der Waals surface area contributed by atoms with Crippen LogP contribution in [0.3, 0.4) is 0 Å². The first-order chi connectivity index (χ1) is 15.6. The van der Waals surface area contributed by atoms with E-state index in [2.05, 4.69) is 25.3 Å². The molecule has 2 aromatic carbocycles. The molecule has 1 atom stereocenters. The second-order valence-corrected chi connectivity index (χ2v) is 8.00. The Hall–Kier alpha value is -3.81. The van der Waals surface area contributed by atoms with E-state index >= 15 is 0 Å². The predicted octanol–water partition coefficient (Wildman–Crippen LogP) is 4.59. The van der Waals surface area contributed by atoms with Crippen LogP contribution in [0.1, 0.15) is 18.4 Å². The molecule has 8 heteroatoms. The fourth-order valence-electron chi connectivity index (χ4n) is 4.15. The number of anilines is 2. The number of rotatable bonds is 4. The topological polar surface area (TPSA) is 84.2 Å². The summed E-state index contributed by atoms with van der Waals surface area (Å²) >= 11 is 0. The Bertz CT molecular complexity index is 1270. The summed E-state index contributed by atoms with van der Waals surface area (Å²) in [7, 11) is 0. The number of nitrogens with zero attached hydrogens (tertiary/aromatic N) is 4. The number of para-hydroxylation sites is 1. The van der Waals surface area contributed by atoms with E-state index in [1.807, 2.05) is 31.2 Å². The van der Waals surface area contributed by atoms with Crippen molar-refractivity contribution >= 4 is 28.5 Å². The molecule has 2 aromatic heterocycles. The van der Waals surface area contributed by atoms with Gasteiger partial charge in [0.05, 0.1) is 5.92 Å². The molecule has 162 valence electrons. The molecular weight excluding hydrogens is 409 g/mol. The summed E-state index contributed by atoms with van der Waals surface area (Å²) < 4.78 is 18.8. The summed E-state index contributed by atoms with van der Waals surface area (Å²) in [5.41, 5.74) is 3.49. The van der Waals surface area contributed by atoms with Crippen LogP contribution in [-0.4, -0.2) is 34.1 Å². The summed E-state index contributed by atoms with van der Waals surface area (Å²) in [6.45, 7) is 3.26. The van der Waals surface area contributed by atoms with Crippen molar-refractivity contribution in [3.8, 4) is 11.3 Å². The highest BCUT2D eigenvalue weighted by Crippen LogP contribution is 2.35. The van der Waals surface area contributed by atoms with Crippen molar-refractivity contribution in [3.05, 3.63) is 66.2 Å². The van der Waals surface area contributed by atoms with Crippen LogP contribution in [-0.2, 0) is 4.79 Å². The van der Waals surface area contributed by atoms with E-state index in [0.29, 0.717) is 34.7 Å². The van der Waals surface area contributed by atoms with Gasteiger partial charge in [-0.1, -0.05) is 23.4 Å². The van der Waals surface area contributed by atoms with Gasteiger partial charge in [0.1, 0.15) is 29.0 Å². The largest absolute Gasteiger partial charge is 0.355 e. The van der Waals surface area contributed by atoms with Gasteiger partial charge in [0.15, 0.2) is 0 Å². The number of piperidine rings is 1. The SMILES string of the molecule is Cc1ccccc1NC(=O)[C@H]1CCCN(c2ncnc3onc(-c4ccc(F)cc4)c23)C1. The van der Waals surface area contributed by atoms with Crippen LogP contribution in [0.25, 0.3) is 22.4 Å². The predicted molar refractivity (Wildman–Crippen MR) is 120 cm³/mol. The van der Waals surface area contributed by atoms with Crippen molar-refractivity contribution in [2.24, 2.45) is 5.92 Å². The van der Waals surface area contributed by atoms with Crippen LogP contribution in [0.15, 0.2) is 59.4 Å². The maximum Gasteiger partial charge on any atom is 0.263 e. The van der Waals surface area contributed by atoms with Gasteiger partial charge < -0.3 is 14.7 Å². The third kappa shape index (κ3) is 3.79. The van der Waals surface area contributed by atoms with Crippen molar-refractivity contribution in [2.75, 3.05) is 23.3 Å². The number of halogens is 1. The molecule has 32 heavy (non-hydrogen) atoms. The van der Waals surface area contributed by atoms with Crippen molar-refractivity contribution < 1.29 is 13.7 Å². The number of aromatic nitrogens is 3. The smallest absolute Gasteiger partial charge is 0.263 e. The molecule has 0 spiro atoms. The first-order valence-electron chi connectivity index (χ1n) is 10.6. The lowest BCUT2D eigenvalue weighted by Gasteiger charge is -2.33. The van der Waals surface area contributed by atoms with Gasteiger partial charge in [0.2, 0.25) is 5.91 Å². The van der Waals surface area contributed by atoms with Crippen LogP contribution >= 0.6 is 0 Å².